The van der Waals surface area contributed by atoms with Gasteiger partial charge < -0.3 is 9.55 Å². The number of H-pyrrole nitrogens is 1. The normalized spacial score (nSPS) is 11.1. The van der Waals surface area contributed by atoms with Crippen molar-refractivity contribution in [3.05, 3.63) is 57.7 Å². The lowest BCUT2D eigenvalue weighted by Crippen LogP contribution is -2.02. The summed E-state index contributed by atoms with van der Waals surface area (Å²) >= 11 is 11.2. The molecule has 1 aromatic carbocycles. The van der Waals surface area contributed by atoms with Crippen molar-refractivity contribution in [3.63, 3.8) is 0 Å². The molecule has 0 saturated heterocycles. The number of aromatic amines is 1. The van der Waals surface area contributed by atoms with Gasteiger partial charge in [-0.3, -0.25) is 0 Å². The molecule has 0 spiro atoms. The minimum absolute atomic E-state index is 0.227. The van der Waals surface area contributed by atoms with Crippen LogP contribution in [-0.4, -0.2) is 14.5 Å². The number of nitrogens with zero attached hydrogens (tertiary/aromatic N) is 2. The number of imidazole rings is 1. The molecule has 0 fully saturated rings. The highest BCUT2D eigenvalue weighted by Crippen LogP contribution is 2.17. The van der Waals surface area contributed by atoms with Crippen LogP contribution in [0.5, 0.6) is 0 Å². The monoisotopic (exact) mass is 307 g/mol. The van der Waals surface area contributed by atoms with E-state index in [0.29, 0.717) is 22.8 Å². The summed E-state index contributed by atoms with van der Waals surface area (Å²) in [6.07, 6.45) is 2.27. The highest BCUT2D eigenvalue weighted by Gasteiger charge is 2.06. The van der Waals surface area contributed by atoms with Gasteiger partial charge in [-0.1, -0.05) is 23.7 Å². The van der Waals surface area contributed by atoms with E-state index in [2.05, 4.69) is 9.97 Å². The number of halogens is 2. The first-order chi connectivity index (χ1) is 9.63. The van der Waals surface area contributed by atoms with Crippen molar-refractivity contribution < 1.29 is 4.39 Å². The van der Waals surface area contributed by atoms with Gasteiger partial charge in [-0.15, -0.1) is 0 Å². The second kappa shape index (κ2) is 5.34. The first kappa shape index (κ1) is 13.3. The van der Waals surface area contributed by atoms with E-state index in [1.807, 2.05) is 10.6 Å². The van der Waals surface area contributed by atoms with Gasteiger partial charge in [0.1, 0.15) is 5.82 Å². The predicted octanol–water partition coefficient (Wildman–Crippen LogP) is 4.13. The predicted molar refractivity (Wildman–Crippen MR) is 80.0 cm³/mol. The summed E-state index contributed by atoms with van der Waals surface area (Å²) in [6.45, 7) is 0.636. The highest BCUT2D eigenvalue weighted by atomic mass is 35.5. The molecule has 0 aliphatic heterocycles. The van der Waals surface area contributed by atoms with Crippen molar-refractivity contribution in [3.8, 4) is 0 Å². The summed E-state index contributed by atoms with van der Waals surface area (Å²) in [6, 6.07) is 8.36. The number of nitrogens with one attached hydrogen (secondary N) is 1. The smallest absolute Gasteiger partial charge is 0.179 e. The maximum Gasteiger partial charge on any atom is 0.179 e. The molecule has 3 aromatic rings. The van der Waals surface area contributed by atoms with Crippen molar-refractivity contribution in [2.75, 3.05) is 0 Å². The molecule has 0 atom stereocenters. The Morgan fingerprint density at radius 1 is 1.35 bits per heavy atom. The van der Waals surface area contributed by atoms with Crippen LogP contribution in [-0.2, 0) is 13.0 Å². The Morgan fingerprint density at radius 2 is 2.20 bits per heavy atom. The lowest BCUT2D eigenvalue weighted by atomic mass is 10.1. The van der Waals surface area contributed by atoms with Gasteiger partial charge in [-0.25, -0.2) is 9.37 Å². The van der Waals surface area contributed by atoms with Crippen LogP contribution < -0.4 is 0 Å². The number of aromatic nitrogens is 3. The summed E-state index contributed by atoms with van der Waals surface area (Å²) in [4.78, 5) is 7.36. The van der Waals surface area contributed by atoms with Gasteiger partial charge in [0.15, 0.2) is 10.4 Å². The number of hydrogen-bond donors (Lipinski definition) is 1. The Hall–Kier alpha value is -1.72. The molecule has 0 aliphatic carbocycles. The topological polar surface area (TPSA) is 33.6 Å². The molecular weight excluding hydrogens is 297 g/mol. The summed E-state index contributed by atoms with van der Waals surface area (Å²) in [5.41, 5.74) is 2.49. The molecule has 0 amide bonds. The zero-order chi connectivity index (χ0) is 14.1. The highest BCUT2D eigenvalue weighted by molar-refractivity contribution is 7.71. The van der Waals surface area contributed by atoms with Gasteiger partial charge in [0.05, 0.1) is 10.5 Å². The Balaban J connectivity index is 1.91. The minimum atomic E-state index is -0.227. The van der Waals surface area contributed by atoms with Crippen LogP contribution in [0.3, 0.4) is 0 Å². The van der Waals surface area contributed by atoms with E-state index in [4.69, 9.17) is 23.8 Å². The zero-order valence-corrected chi connectivity index (χ0v) is 12.0. The number of hydrogen-bond acceptors (Lipinski definition) is 2. The first-order valence-electron chi connectivity index (χ1n) is 6.12. The van der Waals surface area contributed by atoms with Gasteiger partial charge in [0.2, 0.25) is 0 Å². The second-order valence-corrected chi connectivity index (χ2v) is 5.31. The molecule has 3 rings (SSSR count). The molecule has 2 aromatic heterocycles. The summed E-state index contributed by atoms with van der Waals surface area (Å²) in [5.74, 6) is -0.227. The van der Waals surface area contributed by atoms with Gasteiger partial charge in [-0.2, -0.15) is 0 Å². The van der Waals surface area contributed by atoms with Crippen LogP contribution in [0.4, 0.5) is 4.39 Å². The van der Waals surface area contributed by atoms with Gasteiger partial charge >= 0.3 is 0 Å². The van der Waals surface area contributed by atoms with Crippen molar-refractivity contribution in [1.29, 1.82) is 0 Å². The number of aryl methyl sites for hydroxylation is 2. The Bertz CT molecular complexity index is 825. The Labute approximate surface area is 125 Å². The third-order valence-corrected chi connectivity index (χ3v) is 3.62. The molecular formula is C14H11ClFN3S. The summed E-state index contributed by atoms with van der Waals surface area (Å²) in [7, 11) is 0. The average Bonchev–Trinajstić information content (AvgIpc) is 2.71. The van der Waals surface area contributed by atoms with E-state index in [-0.39, 0.29) is 5.82 Å². The molecule has 0 bridgehead atoms. The second-order valence-electron chi connectivity index (χ2n) is 4.49. The quantitative estimate of drug-likeness (QED) is 0.738. The number of rotatable bonds is 3. The van der Waals surface area contributed by atoms with Crippen LogP contribution in [0.15, 0.2) is 36.5 Å². The number of fused-ring (bicyclic) bond motifs is 1. The van der Waals surface area contributed by atoms with Crippen molar-refractivity contribution >= 4 is 35.0 Å². The fourth-order valence-corrected chi connectivity index (χ4v) is 2.60. The largest absolute Gasteiger partial charge is 0.329 e. The first-order valence-corrected chi connectivity index (χ1v) is 6.90. The lowest BCUT2D eigenvalue weighted by Gasteiger charge is -2.04. The molecule has 0 unspecified atom stereocenters. The van der Waals surface area contributed by atoms with E-state index in [9.17, 15) is 4.39 Å². The molecule has 102 valence electrons. The van der Waals surface area contributed by atoms with E-state index < -0.39 is 0 Å². The Kier molecular flexibility index (Phi) is 3.54. The molecule has 0 saturated carbocycles. The van der Waals surface area contributed by atoms with Crippen LogP contribution in [0.2, 0.25) is 5.02 Å². The fourth-order valence-electron chi connectivity index (χ4n) is 2.16. The SMILES string of the molecule is Fc1cccc(CCn2c(=S)[nH]c3cc(Cl)cnc32)c1. The summed E-state index contributed by atoms with van der Waals surface area (Å²) < 4.78 is 15.6. The van der Waals surface area contributed by atoms with Crippen LogP contribution in [0, 0.1) is 10.6 Å². The third-order valence-electron chi connectivity index (χ3n) is 3.09. The zero-order valence-electron chi connectivity index (χ0n) is 10.4. The van der Waals surface area contributed by atoms with E-state index in [1.54, 1.807) is 18.3 Å². The number of benzene rings is 1. The van der Waals surface area contributed by atoms with E-state index in [1.165, 1.54) is 12.1 Å². The van der Waals surface area contributed by atoms with Crippen molar-refractivity contribution in [2.45, 2.75) is 13.0 Å². The summed E-state index contributed by atoms with van der Waals surface area (Å²) in [5, 5.41) is 0.561. The molecule has 20 heavy (non-hydrogen) atoms. The molecule has 6 heteroatoms. The van der Waals surface area contributed by atoms with E-state index in [0.717, 1.165) is 16.7 Å². The lowest BCUT2D eigenvalue weighted by molar-refractivity contribution is 0.622. The molecule has 1 N–H and O–H groups in total. The van der Waals surface area contributed by atoms with E-state index >= 15 is 0 Å². The molecule has 3 nitrogen and oxygen atoms in total. The van der Waals surface area contributed by atoms with Crippen molar-refractivity contribution in [1.82, 2.24) is 14.5 Å². The molecule has 0 aliphatic rings. The van der Waals surface area contributed by atoms with Crippen LogP contribution >= 0.6 is 23.8 Å². The molecule has 2 heterocycles. The Morgan fingerprint density at radius 3 is 3.00 bits per heavy atom. The molecule has 0 radical (unpaired) electrons. The van der Waals surface area contributed by atoms with Crippen LogP contribution in [0.1, 0.15) is 5.56 Å². The third kappa shape index (κ3) is 2.59. The van der Waals surface area contributed by atoms with Gasteiger partial charge in [0.25, 0.3) is 0 Å². The fraction of sp³-hybridized carbons (Fsp3) is 0.143. The van der Waals surface area contributed by atoms with Crippen molar-refractivity contribution in [2.24, 2.45) is 0 Å². The maximum absolute atomic E-state index is 13.1. The van der Waals surface area contributed by atoms with Crippen LogP contribution in [0.25, 0.3) is 11.2 Å². The van der Waals surface area contributed by atoms with Gasteiger partial charge in [-0.05, 0) is 42.4 Å². The number of pyridine rings is 1. The average molecular weight is 308 g/mol. The van der Waals surface area contributed by atoms with Gasteiger partial charge in [0, 0.05) is 12.7 Å². The maximum atomic E-state index is 13.1. The standard InChI is InChI=1S/C14H11ClFN3S/c15-10-7-12-13(17-8-10)19(14(20)18-12)5-4-9-2-1-3-11(16)6-9/h1-3,6-8H,4-5H2,(H,18,20). The minimum Gasteiger partial charge on any atom is -0.329 e.